The first kappa shape index (κ1) is 22.1. The molecule has 3 aromatic rings. The molecule has 1 atom stereocenters. The van der Waals surface area contributed by atoms with Gasteiger partial charge < -0.3 is 10.4 Å². The monoisotopic (exact) mass is 418 g/mol. The number of nitrogens with one attached hydrogen (secondary N) is 1. The van der Waals surface area contributed by atoms with Crippen molar-refractivity contribution in [3.05, 3.63) is 54.0 Å². The molecule has 2 N–H and O–H groups in total. The fourth-order valence-electron chi connectivity index (χ4n) is 3.14. The standard InChI is InChI=1S/C23H26N6O2/c1-15(2)19(11-24)10-21(31)17-4-6-18(7-5-17)22-16(3)12-25-23(28-22)27-20-13-26-29(14-20)8-9-30/h4-7,12-15,19,30H,8-10H2,1-3H3,(H,25,27,28)/t19-/m1/s1. The van der Waals surface area contributed by atoms with Gasteiger partial charge in [0.1, 0.15) is 0 Å². The Kier molecular flexibility index (Phi) is 7.11. The smallest absolute Gasteiger partial charge is 0.227 e. The molecule has 0 fully saturated rings. The molecule has 0 aliphatic rings. The third-order valence-electron chi connectivity index (χ3n) is 5.05. The van der Waals surface area contributed by atoms with Crippen LogP contribution in [-0.2, 0) is 6.54 Å². The Morgan fingerprint density at radius 3 is 2.65 bits per heavy atom. The highest BCUT2D eigenvalue weighted by Crippen LogP contribution is 2.24. The Balaban J connectivity index is 1.77. The number of carbonyl (C=O) groups is 1. The number of aliphatic hydroxyl groups excluding tert-OH is 1. The number of Topliss-reactive ketones (excluding diaryl/α,β-unsaturated/α-hetero) is 1. The van der Waals surface area contributed by atoms with Gasteiger partial charge in [-0.25, -0.2) is 9.97 Å². The van der Waals surface area contributed by atoms with Crippen molar-refractivity contribution in [2.75, 3.05) is 11.9 Å². The lowest BCUT2D eigenvalue weighted by atomic mass is 9.90. The summed E-state index contributed by atoms with van der Waals surface area (Å²) in [5.74, 6) is 0.247. The van der Waals surface area contributed by atoms with Gasteiger partial charge in [-0.1, -0.05) is 38.1 Å². The summed E-state index contributed by atoms with van der Waals surface area (Å²) in [6, 6.07) is 9.50. The predicted octanol–water partition coefficient (Wildman–Crippen LogP) is 3.75. The molecule has 0 amide bonds. The van der Waals surface area contributed by atoms with Crippen LogP contribution in [-0.4, -0.2) is 37.2 Å². The fourth-order valence-corrected chi connectivity index (χ4v) is 3.14. The molecule has 0 radical (unpaired) electrons. The number of hydrogen-bond donors (Lipinski definition) is 2. The highest BCUT2D eigenvalue weighted by atomic mass is 16.3. The van der Waals surface area contributed by atoms with Crippen molar-refractivity contribution >= 4 is 17.4 Å². The first-order valence-electron chi connectivity index (χ1n) is 10.2. The van der Waals surface area contributed by atoms with Crippen molar-refractivity contribution in [3.63, 3.8) is 0 Å². The van der Waals surface area contributed by atoms with Crippen molar-refractivity contribution in [2.24, 2.45) is 11.8 Å². The van der Waals surface area contributed by atoms with Crippen LogP contribution in [0.2, 0.25) is 0 Å². The van der Waals surface area contributed by atoms with Gasteiger partial charge in [0, 0.05) is 29.9 Å². The fraction of sp³-hybridized carbons (Fsp3) is 0.348. The number of benzene rings is 1. The number of rotatable bonds is 9. The van der Waals surface area contributed by atoms with Gasteiger partial charge in [-0.2, -0.15) is 10.4 Å². The maximum absolute atomic E-state index is 12.5. The Bertz CT molecular complexity index is 1080. The Morgan fingerprint density at radius 2 is 2.00 bits per heavy atom. The van der Waals surface area contributed by atoms with E-state index in [1.807, 2.05) is 32.9 Å². The molecule has 2 aromatic heterocycles. The molecule has 0 spiro atoms. The zero-order valence-electron chi connectivity index (χ0n) is 17.9. The molecular weight excluding hydrogens is 392 g/mol. The van der Waals surface area contributed by atoms with E-state index in [4.69, 9.17) is 5.11 Å². The van der Waals surface area contributed by atoms with E-state index < -0.39 is 0 Å². The summed E-state index contributed by atoms with van der Waals surface area (Å²) in [4.78, 5) is 21.5. The lowest BCUT2D eigenvalue weighted by Gasteiger charge is -2.12. The van der Waals surface area contributed by atoms with Gasteiger partial charge in [0.25, 0.3) is 0 Å². The number of anilines is 2. The van der Waals surface area contributed by atoms with Gasteiger partial charge >= 0.3 is 0 Å². The Morgan fingerprint density at radius 1 is 1.26 bits per heavy atom. The molecule has 31 heavy (non-hydrogen) atoms. The molecule has 1 aromatic carbocycles. The van der Waals surface area contributed by atoms with Crippen molar-refractivity contribution in [2.45, 2.75) is 33.7 Å². The lowest BCUT2D eigenvalue weighted by molar-refractivity contribution is 0.0962. The normalized spacial score (nSPS) is 11.9. The highest BCUT2D eigenvalue weighted by molar-refractivity contribution is 5.96. The summed E-state index contributed by atoms with van der Waals surface area (Å²) in [5, 5.41) is 25.5. The van der Waals surface area contributed by atoms with Crippen LogP contribution >= 0.6 is 0 Å². The van der Waals surface area contributed by atoms with E-state index >= 15 is 0 Å². The maximum Gasteiger partial charge on any atom is 0.227 e. The number of nitrogens with zero attached hydrogens (tertiary/aromatic N) is 5. The van der Waals surface area contributed by atoms with Gasteiger partial charge in [0.15, 0.2) is 5.78 Å². The van der Waals surface area contributed by atoms with Crippen LogP contribution in [0.25, 0.3) is 11.3 Å². The summed E-state index contributed by atoms with van der Waals surface area (Å²) in [7, 11) is 0. The van der Waals surface area contributed by atoms with Crippen LogP contribution in [0, 0.1) is 30.1 Å². The zero-order chi connectivity index (χ0) is 22.4. The molecule has 2 heterocycles. The average molecular weight is 419 g/mol. The van der Waals surface area contributed by atoms with Gasteiger partial charge in [0.2, 0.25) is 5.95 Å². The molecule has 8 heteroatoms. The summed E-state index contributed by atoms with van der Waals surface area (Å²) in [5.41, 5.74) is 3.85. The average Bonchev–Trinajstić information content (AvgIpc) is 3.20. The number of nitriles is 1. The third kappa shape index (κ3) is 5.53. The topological polar surface area (TPSA) is 117 Å². The number of aromatic nitrogens is 4. The zero-order valence-corrected chi connectivity index (χ0v) is 17.9. The molecular formula is C23H26N6O2. The largest absolute Gasteiger partial charge is 0.394 e. The number of ketones is 1. The molecule has 0 saturated carbocycles. The van der Waals surface area contributed by atoms with E-state index in [0.29, 0.717) is 18.1 Å². The molecule has 0 bridgehead atoms. The molecule has 0 unspecified atom stereocenters. The Hall–Kier alpha value is -3.57. The van der Waals surface area contributed by atoms with Gasteiger partial charge in [0.05, 0.1) is 42.7 Å². The van der Waals surface area contributed by atoms with Crippen LogP contribution in [0.1, 0.15) is 36.2 Å². The third-order valence-corrected chi connectivity index (χ3v) is 5.05. The highest BCUT2D eigenvalue weighted by Gasteiger charge is 2.18. The Labute approximate surface area is 181 Å². The van der Waals surface area contributed by atoms with Gasteiger partial charge in [-0.3, -0.25) is 9.48 Å². The number of aryl methyl sites for hydroxylation is 1. The second kappa shape index (κ2) is 9.96. The summed E-state index contributed by atoms with van der Waals surface area (Å²) < 4.78 is 1.63. The summed E-state index contributed by atoms with van der Waals surface area (Å²) in [6.45, 7) is 6.26. The summed E-state index contributed by atoms with van der Waals surface area (Å²) in [6.07, 6.45) is 5.37. The van der Waals surface area contributed by atoms with Crippen LogP contribution in [0.15, 0.2) is 42.9 Å². The number of aliphatic hydroxyl groups is 1. The minimum absolute atomic E-state index is 0.0133. The number of carbonyl (C=O) groups excluding carboxylic acids is 1. The van der Waals surface area contributed by atoms with Crippen LogP contribution < -0.4 is 5.32 Å². The van der Waals surface area contributed by atoms with E-state index in [0.717, 1.165) is 22.5 Å². The van der Waals surface area contributed by atoms with E-state index in [-0.39, 0.29) is 30.6 Å². The first-order chi connectivity index (χ1) is 14.9. The quantitative estimate of drug-likeness (QED) is 0.508. The second-order valence-electron chi connectivity index (χ2n) is 7.75. The number of hydrogen-bond acceptors (Lipinski definition) is 7. The van der Waals surface area contributed by atoms with Gasteiger partial charge in [-0.05, 0) is 18.4 Å². The molecule has 160 valence electrons. The van der Waals surface area contributed by atoms with Crippen LogP contribution in [0.4, 0.5) is 11.6 Å². The lowest BCUT2D eigenvalue weighted by Crippen LogP contribution is -2.12. The van der Waals surface area contributed by atoms with Crippen molar-refractivity contribution < 1.29 is 9.90 Å². The van der Waals surface area contributed by atoms with Crippen molar-refractivity contribution in [3.8, 4) is 17.3 Å². The van der Waals surface area contributed by atoms with E-state index in [1.165, 1.54) is 0 Å². The molecule has 8 nitrogen and oxygen atoms in total. The molecule has 0 saturated heterocycles. The molecule has 3 rings (SSSR count). The van der Waals surface area contributed by atoms with Crippen LogP contribution in [0.5, 0.6) is 0 Å². The minimum atomic E-state index is -0.286. The molecule has 0 aliphatic heterocycles. The van der Waals surface area contributed by atoms with Crippen molar-refractivity contribution in [1.29, 1.82) is 5.26 Å². The molecule has 0 aliphatic carbocycles. The predicted molar refractivity (Wildman–Crippen MR) is 118 cm³/mol. The van der Waals surface area contributed by atoms with E-state index in [1.54, 1.807) is 35.4 Å². The maximum atomic E-state index is 12.5. The van der Waals surface area contributed by atoms with Crippen LogP contribution in [0.3, 0.4) is 0 Å². The first-order valence-corrected chi connectivity index (χ1v) is 10.2. The van der Waals surface area contributed by atoms with Gasteiger partial charge in [-0.15, -0.1) is 0 Å². The minimum Gasteiger partial charge on any atom is -0.394 e. The van der Waals surface area contributed by atoms with E-state index in [2.05, 4.69) is 26.5 Å². The second-order valence-corrected chi connectivity index (χ2v) is 7.75. The SMILES string of the molecule is Cc1cnc(Nc2cnn(CCO)c2)nc1-c1ccc(C(=O)C[C@H](C#N)C(C)C)cc1. The summed E-state index contributed by atoms with van der Waals surface area (Å²) >= 11 is 0. The van der Waals surface area contributed by atoms with E-state index in [9.17, 15) is 10.1 Å². The van der Waals surface area contributed by atoms with Crippen molar-refractivity contribution in [1.82, 2.24) is 19.7 Å².